The molecule has 1 rings (SSSR count). The number of hydrogen-bond acceptors (Lipinski definition) is 4. The molecule has 0 saturated heterocycles. The third-order valence-electron chi connectivity index (χ3n) is 2.57. The average molecular weight is 315 g/mol. The maximum atomic E-state index is 13.5. The number of rotatable bonds is 5. The van der Waals surface area contributed by atoms with E-state index in [4.69, 9.17) is 19.3 Å². The Bertz CT molecular complexity index is 603. The molecule has 0 aliphatic carbocycles. The number of carbonyl (C=O) groups is 1. The van der Waals surface area contributed by atoms with Gasteiger partial charge in [0.2, 0.25) is 0 Å². The van der Waals surface area contributed by atoms with Gasteiger partial charge in [0.1, 0.15) is 23.3 Å². The first kappa shape index (κ1) is 13.8. The van der Waals surface area contributed by atoms with Gasteiger partial charge in [-0.05, 0) is 52.7 Å². The minimum absolute atomic E-state index is 0.0455. The summed E-state index contributed by atoms with van der Waals surface area (Å²) >= 11 is 0. The Morgan fingerprint density at radius 2 is 2.18 bits per heavy atom. The maximum absolute atomic E-state index is 13.5. The Hall–Kier alpha value is -1.82. The molecule has 0 fully saturated rings. The zero-order valence-electron chi connectivity index (χ0n) is 16.3. The van der Waals surface area contributed by atoms with Gasteiger partial charge < -0.3 is 20.5 Å². The van der Waals surface area contributed by atoms with Crippen molar-refractivity contribution in [3.63, 3.8) is 0 Å². The highest BCUT2D eigenvalue weighted by atomic mass is 19.1. The fourth-order valence-electron chi connectivity index (χ4n) is 1.67. The van der Waals surface area contributed by atoms with Gasteiger partial charge in [0.15, 0.2) is 0 Å². The van der Waals surface area contributed by atoms with Crippen LogP contribution >= 0.6 is 0 Å². The van der Waals surface area contributed by atoms with Crippen molar-refractivity contribution in [1.29, 1.82) is 0 Å². The molecule has 0 radical (unpaired) electrons. The maximum Gasteiger partial charge on any atom is 0.407 e. The van der Waals surface area contributed by atoms with Crippen LogP contribution in [0.4, 0.5) is 9.18 Å². The summed E-state index contributed by atoms with van der Waals surface area (Å²) in [7, 11) is 0. The second-order valence-electron chi connectivity index (χ2n) is 5.97. The van der Waals surface area contributed by atoms with Crippen molar-refractivity contribution in [2.24, 2.45) is 5.73 Å². The lowest BCUT2D eigenvalue weighted by Crippen LogP contribution is -2.37. The van der Waals surface area contributed by atoms with E-state index >= 15 is 0 Å². The number of benzene rings is 1. The fourth-order valence-corrected chi connectivity index (χ4v) is 1.67. The predicted molar refractivity (Wildman–Crippen MR) is 83.3 cm³/mol. The van der Waals surface area contributed by atoms with Crippen molar-refractivity contribution in [3.8, 4) is 5.75 Å². The van der Waals surface area contributed by atoms with Crippen molar-refractivity contribution in [2.45, 2.75) is 52.3 Å². The monoisotopic (exact) mass is 315 g/mol. The molecule has 0 aromatic heterocycles. The third kappa shape index (κ3) is 6.30. The molecule has 22 heavy (non-hydrogen) atoms. The lowest BCUT2D eigenvalue weighted by molar-refractivity contribution is 0.0504. The zero-order chi connectivity index (χ0) is 19.4. The van der Waals surface area contributed by atoms with E-state index < -0.39 is 36.5 Å². The smallest absolute Gasteiger partial charge is 0.407 e. The van der Waals surface area contributed by atoms with E-state index in [0.717, 1.165) is 12.1 Å². The van der Waals surface area contributed by atoms with Crippen molar-refractivity contribution in [3.05, 3.63) is 29.6 Å². The molecular formula is C16H25FN2O3. The highest BCUT2D eigenvalue weighted by molar-refractivity contribution is 5.67. The van der Waals surface area contributed by atoms with E-state index in [0.29, 0.717) is 0 Å². The van der Waals surface area contributed by atoms with E-state index in [1.165, 1.54) is 6.07 Å². The number of amides is 1. The number of nitrogens with one attached hydrogen (secondary N) is 1. The van der Waals surface area contributed by atoms with Crippen molar-refractivity contribution < 1.29 is 22.8 Å². The SMILES string of the molecule is [2H]C([2H])([2H])[C@@H](N)c1cc(F)ccc1O[C@@H](C)CNC(=O)OC(C)(C)C. The van der Waals surface area contributed by atoms with Crippen LogP contribution in [0.1, 0.15) is 50.3 Å². The second-order valence-corrected chi connectivity index (χ2v) is 5.97. The number of nitrogens with two attached hydrogens (primary N) is 1. The summed E-state index contributed by atoms with van der Waals surface area (Å²) < 4.78 is 46.4. The molecule has 0 unspecified atom stereocenters. The van der Waals surface area contributed by atoms with E-state index in [2.05, 4.69) is 5.32 Å². The van der Waals surface area contributed by atoms with E-state index in [1.54, 1.807) is 27.7 Å². The Morgan fingerprint density at radius 3 is 2.77 bits per heavy atom. The Morgan fingerprint density at radius 1 is 1.50 bits per heavy atom. The average Bonchev–Trinajstić information content (AvgIpc) is 2.43. The molecule has 0 saturated carbocycles. The predicted octanol–water partition coefficient (Wildman–Crippen LogP) is 3.14. The van der Waals surface area contributed by atoms with Gasteiger partial charge in [-0.2, -0.15) is 0 Å². The summed E-state index contributed by atoms with van der Waals surface area (Å²) in [5.41, 5.74) is 5.14. The van der Waals surface area contributed by atoms with Gasteiger partial charge in [0.25, 0.3) is 0 Å². The van der Waals surface area contributed by atoms with Gasteiger partial charge in [0, 0.05) is 15.7 Å². The summed E-state index contributed by atoms with van der Waals surface area (Å²) in [4.78, 5) is 11.6. The van der Waals surface area contributed by atoms with Crippen molar-refractivity contribution in [1.82, 2.24) is 5.32 Å². The van der Waals surface area contributed by atoms with Gasteiger partial charge in [0.05, 0.1) is 6.54 Å². The molecule has 0 aliphatic heterocycles. The van der Waals surface area contributed by atoms with Crippen LogP contribution in [0.2, 0.25) is 0 Å². The number of hydrogen-bond donors (Lipinski definition) is 2. The van der Waals surface area contributed by atoms with Gasteiger partial charge in [-0.3, -0.25) is 0 Å². The summed E-state index contributed by atoms with van der Waals surface area (Å²) in [6, 6.07) is 2.13. The van der Waals surface area contributed by atoms with Crippen LogP contribution in [-0.2, 0) is 4.74 Å². The second kappa shape index (κ2) is 7.45. The van der Waals surface area contributed by atoms with Gasteiger partial charge in [-0.1, -0.05) is 0 Å². The molecule has 1 aromatic rings. The highest BCUT2D eigenvalue weighted by Gasteiger charge is 2.17. The van der Waals surface area contributed by atoms with Gasteiger partial charge in [-0.15, -0.1) is 0 Å². The molecule has 3 N–H and O–H groups in total. The molecule has 6 heteroatoms. The number of carbonyl (C=O) groups excluding carboxylic acids is 1. The third-order valence-corrected chi connectivity index (χ3v) is 2.57. The first-order chi connectivity index (χ1) is 11.3. The van der Waals surface area contributed by atoms with Gasteiger partial charge in [-0.25, -0.2) is 9.18 Å². The van der Waals surface area contributed by atoms with E-state index in [9.17, 15) is 9.18 Å². The first-order valence-electron chi connectivity index (χ1n) is 8.48. The molecule has 0 spiro atoms. The largest absolute Gasteiger partial charge is 0.489 e. The molecule has 1 amide bonds. The normalized spacial score (nSPS) is 16.7. The molecule has 0 bridgehead atoms. The summed E-state index contributed by atoms with van der Waals surface area (Å²) in [6.45, 7) is 4.53. The minimum atomic E-state index is -2.50. The fraction of sp³-hybridized carbons (Fsp3) is 0.562. The summed E-state index contributed by atoms with van der Waals surface area (Å²) in [6.07, 6.45) is -1.11. The molecule has 0 heterocycles. The zero-order valence-corrected chi connectivity index (χ0v) is 13.3. The summed E-state index contributed by atoms with van der Waals surface area (Å²) in [5.74, 6) is -0.454. The molecular weight excluding hydrogens is 287 g/mol. The Balaban J connectivity index is 2.77. The van der Waals surface area contributed by atoms with Crippen LogP contribution in [0, 0.1) is 5.82 Å². The molecule has 0 aliphatic rings. The quantitative estimate of drug-likeness (QED) is 0.875. The van der Waals surface area contributed by atoms with Crippen LogP contribution in [0.15, 0.2) is 18.2 Å². The van der Waals surface area contributed by atoms with E-state index in [-0.39, 0.29) is 17.9 Å². The molecule has 1 aromatic carbocycles. The molecule has 124 valence electrons. The standard InChI is InChI=1S/C16H25FN2O3/c1-10(9-19-15(20)22-16(3,4)5)21-14-7-6-12(17)8-13(14)11(2)18/h6-8,10-11H,9,18H2,1-5H3,(H,19,20)/t10-,11+/m0/s1/i2D3. The van der Waals surface area contributed by atoms with Crippen molar-refractivity contribution >= 4 is 6.09 Å². The Labute approximate surface area is 135 Å². The van der Waals surface area contributed by atoms with Crippen LogP contribution < -0.4 is 15.8 Å². The van der Waals surface area contributed by atoms with Crippen LogP contribution in [-0.4, -0.2) is 24.3 Å². The number of halogens is 1. The topological polar surface area (TPSA) is 73.6 Å². The van der Waals surface area contributed by atoms with E-state index in [1.807, 2.05) is 0 Å². The molecule has 5 nitrogen and oxygen atoms in total. The van der Waals surface area contributed by atoms with Crippen LogP contribution in [0.5, 0.6) is 5.75 Å². The van der Waals surface area contributed by atoms with Crippen LogP contribution in [0.25, 0.3) is 0 Å². The first-order valence-corrected chi connectivity index (χ1v) is 6.98. The highest BCUT2D eigenvalue weighted by Crippen LogP contribution is 2.25. The Kier molecular flexibility index (Phi) is 4.68. The lowest BCUT2D eigenvalue weighted by atomic mass is 10.1. The lowest BCUT2D eigenvalue weighted by Gasteiger charge is -2.22. The summed E-state index contributed by atoms with van der Waals surface area (Å²) in [5, 5.41) is 2.55. The number of ether oxygens (including phenoxy) is 2. The van der Waals surface area contributed by atoms with Gasteiger partial charge >= 0.3 is 6.09 Å². The number of alkyl carbamates (subject to hydrolysis) is 1. The molecule has 2 atom stereocenters. The minimum Gasteiger partial charge on any atom is -0.489 e. The van der Waals surface area contributed by atoms with Crippen molar-refractivity contribution in [2.75, 3.05) is 6.54 Å². The van der Waals surface area contributed by atoms with Crippen LogP contribution in [0.3, 0.4) is 0 Å².